The molecule has 0 saturated heterocycles. The molecule has 25 heavy (non-hydrogen) atoms. The van der Waals surface area contributed by atoms with Crippen LogP contribution in [0.2, 0.25) is 5.02 Å². The number of benzene rings is 2. The predicted octanol–water partition coefficient (Wildman–Crippen LogP) is 4.40. The minimum absolute atomic E-state index is 0.167. The number of rotatable bonds is 4. The van der Waals surface area contributed by atoms with Gasteiger partial charge in [0.15, 0.2) is 0 Å². The van der Waals surface area contributed by atoms with E-state index in [9.17, 15) is 14.0 Å². The molecule has 128 valence electrons. The third kappa shape index (κ3) is 3.81. The van der Waals surface area contributed by atoms with Crippen LogP contribution in [-0.2, 0) is 4.79 Å². The van der Waals surface area contributed by atoms with Crippen LogP contribution in [0.4, 0.5) is 10.1 Å². The van der Waals surface area contributed by atoms with Crippen LogP contribution >= 0.6 is 22.9 Å². The van der Waals surface area contributed by atoms with Gasteiger partial charge in [0.05, 0.1) is 11.6 Å². The molecule has 0 fully saturated rings. The Morgan fingerprint density at radius 3 is 2.68 bits per heavy atom. The number of hydrogen-bond donors (Lipinski definition) is 1. The predicted molar refractivity (Wildman–Crippen MR) is 98.8 cm³/mol. The number of amides is 2. The molecule has 3 rings (SSSR count). The minimum Gasteiger partial charge on any atom is -0.332 e. The van der Waals surface area contributed by atoms with E-state index in [2.05, 4.69) is 5.32 Å². The molecular formula is C18H14ClFN2O2S. The number of anilines is 1. The summed E-state index contributed by atoms with van der Waals surface area (Å²) in [5, 5.41) is 3.77. The van der Waals surface area contributed by atoms with Gasteiger partial charge >= 0.3 is 0 Å². The Labute approximate surface area is 152 Å². The highest BCUT2D eigenvalue weighted by Gasteiger charge is 2.21. The Balaban J connectivity index is 1.71. The molecule has 0 radical (unpaired) electrons. The SMILES string of the molecule is CN(CC(=O)Nc1cccc(F)c1)C(=O)c1sc2ccccc2c1Cl. The molecule has 0 unspecified atom stereocenters. The van der Waals surface area contributed by atoms with Gasteiger partial charge in [-0.25, -0.2) is 4.39 Å². The van der Waals surface area contributed by atoms with Crippen LogP contribution in [0.3, 0.4) is 0 Å². The van der Waals surface area contributed by atoms with Gasteiger partial charge in [-0.2, -0.15) is 0 Å². The van der Waals surface area contributed by atoms with Crippen LogP contribution in [0.1, 0.15) is 9.67 Å². The average Bonchev–Trinajstić information content (AvgIpc) is 2.91. The molecule has 0 atom stereocenters. The van der Waals surface area contributed by atoms with Gasteiger partial charge in [-0.15, -0.1) is 11.3 Å². The maximum atomic E-state index is 13.1. The lowest BCUT2D eigenvalue weighted by atomic mass is 10.2. The molecule has 1 N–H and O–H groups in total. The Kier molecular flexibility index (Phi) is 5.01. The maximum Gasteiger partial charge on any atom is 0.265 e. The van der Waals surface area contributed by atoms with Crippen LogP contribution < -0.4 is 5.32 Å². The number of likely N-dealkylation sites (N-methyl/N-ethyl adjacent to an activating group) is 1. The van der Waals surface area contributed by atoms with Gasteiger partial charge in [0.25, 0.3) is 5.91 Å². The number of hydrogen-bond acceptors (Lipinski definition) is 3. The van der Waals surface area contributed by atoms with E-state index in [-0.39, 0.29) is 12.5 Å². The van der Waals surface area contributed by atoms with E-state index in [0.29, 0.717) is 15.6 Å². The molecule has 0 saturated carbocycles. The highest BCUT2D eigenvalue weighted by molar-refractivity contribution is 7.21. The van der Waals surface area contributed by atoms with Crippen molar-refractivity contribution in [2.24, 2.45) is 0 Å². The molecule has 1 aromatic heterocycles. The van der Waals surface area contributed by atoms with E-state index in [1.165, 1.54) is 41.5 Å². The van der Waals surface area contributed by atoms with Crippen LogP contribution in [0.15, 0.2) is 48.5 Å². The number of halogens is 2. The summed E-state index contributed by atoms with van der Waals surface area (Å²) in [7, 11) is 1.52. The molecule has 7 heteroatoms. The summed E-state index contributed by atoms with van der Waals surface area (Å²) in [5.41, 5.74) is 0.339. The van der Waals surface area contributed by atoms with Gasteiger partial charge in [0.1, 0.15) is 10.7 Å². The number of carbonyl (C=O) groups is 2. The van der Waals surface area contributed by atoms with E-state index in [1.807, 2.05) is 24.3 Å². The summed E-state index contributed by atoms with van der Waals surface area (Å²) in [6.07, 6.45) is 0. The van der Waals surface area contributed by atoms with Crippen LogP contribution in [-0.4, -0.2) is 30.3 Å². The molecule has 2 amide bonds. The fraction of sp³-hybridized carbons (Fsp3) is 0.111. The highest BCUT2D eigenvalue weighted by Crippen LogP contribution is 2.35. The average molecular weight is 377 g/mol. The van der Waals surface area contributed by atoms with Crippen molar-refractivity contribution < 1.29 is 14.0 Å². The lowest BCUT2D eigenvalue weighted by Crippen LogP contribution is -2.34. The molecule has 0 spiro atoms. The van der Waals surface area contributed by atoms with Crippen molar-refractivity contribution >= 4 is 50.5 Å². The Hall–Kier alpha value is -2.44. The second-order valence-electron chi connectivity index (χ2n) is 5.46. The summed E-state index contributed by atoms with van der Waals surface area (Å²) in [6.45, 7) is -0.167. The smallest absolute Gasteiger partial charge is 0.265 e. The lowest BCUT2D eigenvalue weighted by molar-refractivity contribution is -0.116. The Morgan fingerprint density at radius 2 is 1.96 bits per heavy atom. The van der Waals surface area contributed by atoms with Crippen LogP contribution in [0.25, 0.3) is 10.1 Å². The van der Waals surface area contributed by atoms with Gasteiger partial charge in [0, 0.05) is 22.8 Å². The largest absolute Gasteiger partial charge is 0.332 e. The van der Waals surface area contributed by atoms with Gasteiger partial charge in [0.2, 0.25) is 5.91 Å². The molecular weight excluding hydrogens is 363 g/mol. The summed E-state index contributed by atoms with van der Waals surface area (Å²) in [4.78, 5) is 26.3. The fourth-order valence-corrected chi connectivity index (χ4v) is 3.89. The zero-order valence-electron chi connectivity index (χ0n) is 13.3. The standard InChI is InChI=1S/C18H14ClFN2O2S/c1-22(10-15(23)21-12-6-4-5-11(20)9-12)18(24)17-16(19)13-7-2-3-8-14(13)25-17/h2-9H,10H2,1H3,(H,21,23). The van der Waals surface area contributed by atoms with E-state index in [1.54, 1.807) is 6.07 Å². The molecule has 0 bridgehead atoms. The first-order chi connectivity index (χ1) is 12.0. The Morgan fingerprint density at radius 1 is 1.20 bits per heavy atom. The molecule has 0 aliphatic carbocycles. The Bertz CT molecular complexity index is 957. The maximum absolute atomic E-state index is 13.1. The number of carbonyl (C=O) groups excluding carboxylic acids is 2. The number of fused-ring (bicyclic) bond motifs is 1. The van der Waals surface area contributed by atoms with Crippen molar-refractivity contribution in [2.45, 2.75) is 0 Å². The zero-order chi connectivity index (χ0) is 18.0. The third-order valence-electron chi connectivity index (χ3n) is 3.56. The molecule has 0 aliphatic rings. The number of nitrogens with one attached hydrogen (secondary N) is 1. The molecule has 0 aliphatic heterocycles. The molecule has 3 aromatic rings. The summed E-state index contributed by atoms with van der Waals surface area (Å²) >= 11 is 7.59. The first-order valence-electron chi connectivity index (χ1n) is 7.43. The van der Waals surface area contributed by atoms with Gasteiger partial charge in [-0.3, -0.25) is 9.59 Å². The van der Waals surface area contributed by atoms with Crippen molar-refractivity contribution in [2.75, 3.05) is 18.9 Å². The summed E-state index contributed by atoms with van der Waals surface area (Å²) in [6, 6.07) is 13.0. The monoisotopic (exact) mass is 376 g/mol. The van der Waals surface area contributed by atoms with E-state index in [4.69, 9.17) is 11.6 Å². The van der Waals surface area contributed by atoms with Crippen molar-refractivity contribution in [1.82, 2.24) is 4.90 Å². The zero-order valence-corrected chi connectivity index (χ0v) is 14.8. The summed E-state index contributed by atoms with van der Waals surface area (Å²) < 4.78 is 14.1. The van der Waals surface area contributed by atoms with Crippen molar-refractivity contribution in [1.29, 1.82) is 0 Å². The van der Waals surface area contributed by atoms with Crippen LogP contribution in [0, 0.1) is 5.82 Å². The van der Waals surface area contributed by atoms with E-state index < -0.39 is 11.7 Å². The second-order valence-corrected chi connectivity index (χ2v) is 6.89. The molecule has 2 aromatic carbocycles. The normalized spacial score (nSPS) is 10.7. The first-order valence-corrected chi connectivity index (χ1v) is 8.63. The highest BCUT2D eigenvalue weighted by atomic mass is 35.5. The van der Waals surface area contributed by atoms with E-state index in [0.717, 1.165) is 10.1 Å². The summed E-state index contributed by atoms with van der Waals surface area (Å²) in [5.74, 6) is -1.20. The minimum atomic E-state index is -0.445. The van der Waals surface area contributed by atoms with Crippen molar-refractivity contribution in [3.63, 3.8) is 0 Å². The van der Waals surface area contributed by atoms with Gasteiger partial charge in [-0.1, -0.05) is 35.9 Å². The number of thiophene rings is 1. The quantitative estimate of drug-likeness (QED) is 0.733. The second kappa shape index (κ2) is 7.21. The van der Waals surface area contributed by atoms with E-state index >= 15 is 0 Å². The van der Waals surface area contributed by atoms with Crippen molar-refractivity contribution in [3.05, 3.63) is 64.2 Å². The van der Waals surface area contributed by atoms with Gasteiger partial charge < -0.3 is 10.2 Å². The van der Waals surface area contributed by atoms with Crippen LogP contribution in [0.5, 0.6) is 0 Å². The molecule has 4 nitrogen and oxygen atoms in total. The topological polar surface area (TPSA) is 49.4 Å². The first kappa shape index (κ1) is 17.4. The lowest BCUT2D eigenvalue weighted by Gasteiger charge is -2.16. The van der Waals surface area contributed by atoms with Crippen molar-refractivity contribution in [3.8, 4) is 0 Å². The van der Waals surface area contributed by atoms with Gasteiger partial charge in [-0.05, 0) is 24.3 Å². The fourth-order valence-electron chi connectivity index (χ4n) is 2.38. The number of nitrogens with zero attached hydrogens (tertiary/aromatic N) is 1. The molecule has 1 heterocycles. The third-order valence-corrected chi connectivity index (χ3v) is 5.23.